The van der Waals surface area contributed by atoms with Crippen molar-refractivity contribution < 1.29 is 14.0 Å². The molecule has 1 aliphatic rings. The zero-order valence-corrected chi connectivity index (χ0v) is 13.9. The molecule has 0 aromatic carbocycles. The smallest absolute Gasteiger partial charge is 0.293 e. The summed E-state index contributed by atoms with van der Waals surface area (Å²) in [6.45, 7) is 5.82. The monoisotopic (exact) mass is 346 g/mol. The predicted molar refractivity (Wildman–Crippen MR) is 91.0 cm³/mol. The quantitative estimate of drug-likeness (QED) is 0.777. The Morgan fingerprint density at radius 3 is 3.12 bits per heavy atom. The van der Waals surface area contributed by atoms with Crippen molar-refractivity contribution >= 4 is 28.3 Å². The van der Waals surface area contributed by atoms with Crippen molar-refractivity contribution in [1.29, 1.82) is 0 Å². The van der Waals surface area contributed by atoms with Gasteiger partial charge in [-0.2, -0.15) is 0 Å². The Hall–Kier alpha value is -2.45. The van der Waals surface area contributed by atoms with Crippen LogP contribution in [-0.4, -0.2) is 41.3 Å². The molecular formula is C16H18N4O3S. The van der Waals surface area contributed by atoms with Gasteiger partial charge in [-0.05, 0) is 12.1 Å². The van der Waals surface area contributed by atoms with Gasteiger partial charge >= 0.3 is 0 Å². The molecule has 7 nitrogen and oxygen atoms in total. The standard InChI is InChI=1S/C16H18N4O3S/c1-2-6-17-14(21)10-20-7-5-11-13(9-20)24-16(18-11)19-15(22)12-4-3-8-23-12/h2-4,8H,1,5-7,9-10H2,(H,17,21)(H,18,19,22). The van der Waals surface area contributed by atoms with Gasteiger partial charge in [0.2, 0.25) is 5.91 Å². The molecule has 0 fully saturated rings. The molecule has 0 bridgehead atoms. The van der Waals surface area contributed by atoms with E-state index < -0.39 is 0 Å². The molecule has 0 saturated carbocycles. The molecule has 24 heavy (non-hydrogen) atoms. The zero-order chi connectivity index (χ0) is 16.9. The van der Waals surface area contributed by atoms with Gasteiger partial charge in [0, 0.05) is 30.9 Å². The molecule has 3 rings (SSSR count). The number of carbonyl (C=O) groups is 2. The van der Waals surface area contributed by atoms with E-state index >= 15 is 0 Å². The summed E-state index contributed by atoms with van der Waals surface area (Å²) in [6, 6.07) is 3.27. The Kier molecular flexibility index (Phi) is 5.07. The Bertz CT molecular complexity index is 739. The van der Waals surface area contributed by atoms with Gasteiger partial charge in [-0.1, -0.05) is 6.08 Å². The highest BCUT2D eigenvalue weighted by Gasteiger charge is 2.23. The maximum Gasteiger partial charge on any atom is 0.293 e. The van der Waals surface area contributed by atoms with Crippen LogP contribution in [0.3, 0.4) is 0 Å². The number of carbonyl (C=O) groups excluding carboxylic acids is 2. The molecule has 0 saturated heterocycles. The maximum absolute atomic E-state index is 12.0. The molecule has 3 heterocycles. The minimum Gasteiger partial charge on any atom is -0.459 e. The number of fused-ring (bicyclic) bond motifs is 1. The summed E-state index contributed by atoms with van der Waals surface area (Å²) < 4.78 is 5.07. The summed E-state index contributed by atoms with van der Waals surface area (Å²) >= 11 is 1.44. The first-order valence-corrected chi connectivity index (χ1v) is 8.40. The molecule has 126 valence electrons. The first-order valence-electron chi connectivity index (χ1n) is 7.59. The Morgan fingerprint density at radius 1 is 1.50 bits per heavy atom. The lowest BCUT2D eigenvalue weighted by Crippen LogP contribution is -2.39. The van der Waals surface area contributed by atoms with Crippen LogP contribution in [0.1, 0.15) is 21.1 Å². The Balaban J connectivity index is 1.59. The third-order valence-electron chi connectivity index (χ3n) is 3.59. The van der Waals surface area contributed by atoms with E-state index in [9.17, 15) is 9.59 Å². The number of hydrogen-bond donors (Lipinski definition) is 2. The van der Waals surface area contributed by atoms with Crippen molar-refractivity contribution in [2.75, 3.05) is 25.0 Å². The Labute approximate surface area is 143 Å². The average molecular weight is 346 g/mol. The third kappa shape index (κ3) is 3.90. The fraction of sp³-hybridized carbons (Fsp3) is 0.312. The van der Waals surface area contributed by atoms with E-state index in [0.29, 0.717) is 24.8 Å². The number of nitrogens with one attached hydrogen (secondary N) is 2. The number of anilines is 1. The lowest BCUT2D eigenvalue weighted by Gasteiger charge is -2.24. The van der Waals surface area contributed by atoms with Crippen LogP contribution in [-0.2, 0) is 17.8 Å². The second-order valence-electron chi connectivity index (χ2n) is 5.37. The van der Waals surface area contributed by atoms with Gasteiger partial charge in [-0.15, -0.1) is 17.9 Å². The van der Waals surface area contributed by atoms with E-state index in [1.807, 2.05) is 0 Å². The van der Waals surface area contributed by atoms with Gasteiger partial charge in [-0.3, -0.25) is 19.8 Å². The number of rotatable bonds is 6. The second kappa shape index (κ2) is 7.41. The lowest BCUT2D eigenvalue weighted by atomic mass is 10.2. The largest absolute Gasteiger partial charge is 0.459 e. The van der Waals surface area contributed by atoms with E-state index in [1.54, 1.807) is 18.2 Å². The molecule has 0 radical (unpaired) electrons. The van der Waals surface area contributed by atoms with Gasteiger partial charge in [0.25, 0.3) is 5.91 Å². The van der Waals surface area contributed by atoms with Crippen LogP contribution in [0.15, 0.2) is 35.5 Å². The summed E-state index contributed by atoms with van der Waals surface area (Å²) in [6.07, 6.45) is 3.87. The van der Waals surface area contributed by atoms with Gasteiger partial charge in [0.15, 0.2) is 10.9 Å². The predicted octanol–water partition coefficient (Wildman–Crippen LogP) is 1.65. The van der Waals surface area contributed by atoms with Crippen LogP contribution in [0, 0.1) is 0 Å². The molecule has 2 amide bonds. The normalized spacial score (nSPS) is 14.0. The van der Waals surface area contributed by atoms with E-state index in [2.05, 4.69) is 27.1 Å². The first kappa shape index (κ1) is 16.4. The molecule has 2 N–H and O–H groups in total. The zero-order valence-electron chi connectivity index (χ0n) is 13.1. The van der Waals surface area contributed by atoms with Crippen LogP contribution >= 0.6 is 11.3 Å². The molecule has 0 aliphatic carbocycles. The molecule has 1 aliphatic heterocycles. The molecule has 2 aromatic heterocycles. The van der Waals surface area contributed by atoms with Crippen molar-refractivity contribution in [3.05, 3.63) is 47.4 Å². The SMILES string of the molecule is C=CCNC(=O)CN1CCc2nc(NC(=O)c3ccco3)sc2C1. The molecule has 0 unspecified atom stereocenters. The first-order chi connectivity index (χ1) is 11.7. The number of aromatic nitrogens is 1. The molecule has 2 aromatic rings. The summed E-state index contributed by atoms with van der Waals surface area (Å²) in [5.41, 5.74) is 0.984. The summed E-state index contributed by atoms with van der Waals surface area (Å²) in [7, 11) is 0. The van der Waals surface area contributed by atoms with Gasteiger partial charge in [-0.25, -0.2) is 4.98 Å². The fourth-order valence-corrected chi connectivity index (χ4v) is 3.49. The number of amides is 2. The topological polar surface area (TPSA) is 87.5 Å². The number of furan rings is 1. The van der Waals surface area contributed by atoms with Gasteiger partial charge < -0.3 is 9.73 Å². The number of hydrogen-bond acceptors (Lipinski definition) is 6. The highest BCUT2D eigenvalue weighted by Crippen LogP contribution is 2.28. The van der Waals surface area contributed by atoms with E-state index in [4.69, 9.17) is 4.42 Å². The number of thiazole rings is 1. The molecular weight excluding hydrogens is 328 g/mol. The highest BCUT2D eigenvalue weighted by atomic mass is 32.1. The van der Waals surface area contributed by atoms with Crippen molar-refractivity contribution in [2.24, 2.45) is 0 Å². The van der Waals surface area contributed by atoms with Crippen molar-refractivity contribution in [3.63, 3.8) is 0 Å². The van der Waals surface area contributed by atoms with E-state index in [-0.39, 0.29) is 17.6 Å². The Morgan fingerprint density at radius 2 is 2.38 bits per heavy atom. The summed E-state index contributed by atoms with van der Waals surface area (Å²) in [5.74, 6) is -0.0790. The molecule has 8 heteroatoms. The fourth-order valence-electron chi connectivity index (χ4n) is 2.45. The second-order valence-corrected chi connectivity index (χ2v) is 6.46. The molecule has 0 atom stereocenters. The van der Waals surface area contributed by atoms with Gasteiger partial charge in [0.1, 0.15) is 0 Å². The third-order valence-corrected chi connectivity index (χ3v) is 4.58. The average Bonchev–Trinajstić information content (AvgIpc) is 3.21. The number of nitrogens with zero attached hydrogens (tertiary/aromatic N) is 2. The van der Waals surface area contributed by atoms with Crippen molar-refractivity contribution in [2.45, 2.75) is 13.0 Å². The van der Waals surface area contributed by atoms with Crippen LogP contribution in [0.25, 0.3) is 0 Å². The van der Waals surface area contributed by atoms with Crippen LogP contribution < -0.4 is 10.6 Å². The van der Waals surface area contributed by atoms with Crippen molar-refractivity contribution in [1.82, 2.24) is 15.2 Å². The summed E-state index contributed by atoms with van der Waals surface area (Å²) in [4.78, 5) is 31.4. The van der Waals surface area contributed by atoms with Crippen LogP contribution in [0.5, 0.6) is 0 Å². The minimum absolute atomic E-state index is 0.0192. The van der Waals surface area contributed by atoms with Crippen molar-refractivity contribution in [3.8, 4) is 0 Å². The highest BCUT2D eigenvalue weighted by molar-refractivity contribution is 7.15. The molecule has 0 spiro atoms. The summed E-state index contributed by atoms with van der Waals surface area (Å²) in [5, 5.41) is 6.08. The van der Waals surface area contributed by atoms with E-state index in [1.165, 1.54) is 17.6 Å². The van der Waals surface area contributed by atoms with Gasteiger partial charge in [0.05, 0.1) is 18.5 Å². The van der Waals surface area contributed by atoms with Crippen LogP contribution in [0.4, 0.5) is 5.13 Å². The maximum atomic E-state index is 12.0. The van der Waals surface area contributed by atoms with Crippen LogP contribution in [0.2, 0.25) is 0 Å². The lowest BCUT2D eigenvalue weighted by molar-refractivity contribution is -0.122. The minimum atomic E-state index is -0.313. The van der Waals surface area contributed by atoms with E-state index in [0.717, 1.165) is 23.5 Å².